The van der Waals surface area contributed by atoms with Crippen molar-refractivity contribution >= 4 is 40.7 Å². The van der Waals surface area contributed by atoms with Crippen molar-refractivity contribution in [2.45, 2.75) is 20.3 Å². The van der Waals surface area contributed by atoms with Gasteiger partial charge in [-0.3, -0.25) is 4.79 Å². The van der Waals surface area contributed by atoms with E-state index in [1.807, 2.05) is 32.0 Å². The molecule has 3 aromatic rings. The Kier molecular flexibility index (Phi) is 11.2. The van der Waals surface area contributed by atoms with Crippen LogP contribution in [0.25, 0.3) is 0 Å². The number of hydrogen-bond donors (Lipinski definition) is 1. The van der Waals surface area contributed by atoms with Gasteiger partial charge in [-0.15, -0.1) is 11.6 Å². The summed E-state index contributed by atoms with van der Waals surface area (Å²) in [7, 11) is 0. The maximum absolute atomic E-state index is 12.0. The van der Waals surface area contributed by atoms with Crippen molar-refractivity contribution in [2.75, 3.05) is 13.2 Å². The molecule has 3 aromatic carbocycles. The number of carbonyl (C=O) groups excluding carboxylic acids is 1. The Bertz CT molecular complexity index is 1090. The first-order valence-electron chi connectivity index (χ1n) is 10.1. The number of fused-ring (bicyclic) bond motifs is 1. The zero-order valence-electron chi connectivity index (χ0n) is 18.8. The van der Waals surface area contributed by atoms with Gasteiger partial charge in [0.15, 0.2) is 0 Å². The fraction of sp³-hybridized carbons (Fsp3) is 0.200. The van der Waals surface area contributed by atoms with Crippen LogP contribution in [-0.2, 0) is 0 Å². The van der Waals surface area contributed by atoms with Gasteiger partial charge in [-0.05, 0) is 68.3 Å². The van der Waals surface area contributed by atoms with Crippen LogP contribution >= 0.6 is 34.8 Å². The van der Waals surface area contributed by atoms with Gasteiger partial charge < -0.3 is 14.8 Å². The zero-order valence-corrected chi connectivity index (χ0v) is 23.0. The fourth-order valence-corrected chi connectivity index (χ4v) is 3.74. The second-order valence-corrected chi connectivity index (χ2v) is 8.32. The van der Waals surface area contributed by atoms with Gasteiger partial charge in [0.25, 0.3) is 5.91 Å². The number of ether oxygens (including phenoxy) is 2. The third-order valence-electron chi connectivity index (χ3n) is 4.60. The van der Waals surface area contributed by atoms with E-state index >= 15 is 0 Å². The Hall–Kier alpha value is -1.53. The molecule has 1 heterocycles. The number of halogens is 3. The van der Waals surface area contributed by atoms with Crippen LogP contribution in [0.4, 0.5) is 0 Å². The molecule has 8 heteroatoms. The van der Waals surface area contributed by atoms with E-state index in [1.54, 1.807) is 36.4 Å². The molecule has 0 fully saturated rings. The molecule has 0 saturated carbocycles. The second-order valence-electron chi connectivity index (χ2n) is 7.04. The number of nitrogens with one attached hydrogen (secondary N) is 1. The van der Waals surface area contributed by atoms with Crippen LogP contribution in [0.2, 0.25) is 15.1 Å². The van der Waals surface area contributed by atoms with Gasteiger partial charge in [-0.1, -0.05) is 40.9 Å². The van der Waals surface area contributed by atoms with Gasteiger partial charge in [-0.25, -0.2) is 0 Å². The van der Waals surface area contributed by atoms with Gasteiger partial charge in [0.1, 0.15) is 11.5 Å². The predicted molar refractivity (Wildman–Crippen MR) is 131 cm³/mol. The number of carbonyl (C=O) groups is 1. The average molecular weight is 515 g/mol. The summed E-state index contributed by atoms with van der Waals surface area (Å²) in [5.74, 6) is 1.85. The van der Waals surface area contributed by atoms with Crippen LogP contribution in [0.3, 0.4) is 0 Å². The maximum atomic E-state index is 12.0. The van der Waals surface area contributed by atoms with Crippen molar-refractivity contribution in [2.24, 2.45) is 0 Å². The van der Waals surface area contributed by atoms with Gasteiger partial charge in [-0.2, -0.15) is 6.42 Å². The number of hydrogen-bond acceptors (Lipinski definition) is 3. The van der Waals surface area contributed by atoms with Gasteiger partial charge in [0.2, 0.25) is 0 Å². The van der Waals surface area contributed by atoms with E-state index in [1.165, 1.54) is 0 Å². The first-order valence-corrected chi connectivity index (χ1v) is 11.3. The Labute approximate surface area is 231 Å². The smallest absolute Gasteiger partial charge is 0.551 e. The summed E-state index contributed by atoms with van der Waals surface area (Å²) in [6.45, 7) is 5.03. The minimum atomic E-state index is -0.0858. The van der Waals surface area contributed by atoms with Crippen molar-refractivity contribution in [3.05, 3.63) is 92.8 Å². The van der Waals surface area contributed by atoms with E-state index in [0.29, 0.717) is 45.3 Å². The molecule has 0 radical (unpaired) electrons. The Morgan fingerprint density at radius 3 is 2.42 bits per heavy atom. The van der Waals surface area contributed by atoms with Gasteiger partial charge in [0, 0.05) is 32.9 Å². The molecule has 0 aromatic heterocycles. The average Bonchev–Trinajstić information content (AvgIpc) is 2.75. The van der Waals surface area contributed by atoms with E-state index in [-0.39, 0.29) is 35.5 Å². The molecule has 0 bridgehead atoms. The van der Waals surface area contributed by atoms with Crippen molar-refractivity contribution in [3.8, 4) is 17.2 Å². The molecule has 4 nitrogen and oxygen atoms in total. The molecule has 168 valence electrons. The summed E-state index contributed by atoms with van der Waals surface area (Å²) in [6, 6.07) is 16.1. The molecule has 1 aliphatic rings. The third kappa shape index (κ3) is 8.03. The third-order valence-corrected chi connectivity index (χ3v) is 5.36. The normalized spacial score (nSPS) is 11.4. The number of benzene rings is 3. The molecule has 4 rings (SSSR count). The first-order chi connectivity index (χ1) is 15.4. The molecule has 0 unspecified atom stereocenters. The monoisotopic (exact) mass is 513 g/mol. The quantitative estimate of drug-likeness (QED) is 0.411. The number of amides is 1. The number of aryl methyl sites for hydroxylation is 1. The van der Waals surface area contributed by atoms with Crippen LogP contribution in [-0.4, -0.2) is 19.1 Å². The molecule has 0 saturated heterocycles. The topological polar surface area (TPSA) is 47.6 Å². The first kappa shape index (κ1) is 27.7. The van der Waals surface area contributed by atoms with Crippen LogP contribution in [0.15, 0.2) is 54.6 Å². The van der Waals surface area contributed by atoms with Crippen LogP contribution in [0, 0.1) is 13.3 Å². The molecule has 1 aliphatic heterocycles. The summed E-state index contributed by atoms with van der Waals surface area (Å²) in [5.41, 5.74) is 2.47. The van der Waals surface area contributed by atoms with Crippen molar-refractivity contribution in [1.82, 2.24) is 5.32 Å². The second kappa shape index (κ2) is 13.4. The molecular weight excluding hydrogens is 492 g/mol. The van der Waals surface area contributed by atoms with Crippen molar-refractivity contribution in [3.63, 3.8) is 0 Å². The van der Waals surface area contributed by atoms with E-state index in [9.17, 15) is 4.79 Å². The SMILES string of the molecule is CCNC(=O)c1ccc(Oc2cc3c(cc2Cl)[CH-]CCO3)cc1C.Clc1cccc(Cl)c1.[Na+]. The van der Waals surface area contributed by atoms with E-state index in [2.05, 4.69) is 11.7 Å². The van der Waals surface area contributed by atoms with Crippen molar-refractivity contribution < 1.29 is 43.8 Å². The zero-order chi connectivity index (χ0) is 23.1. The largest absolute Gasteiger partial charge is 1.00 e. The Morgan fingerprint density at radius 1 is 1.09 bits per heavy atom. The minimum Gasteiger partial charge on any atom is -0.551 e. The summed E-state index contributed by atoms with van der Waals surface area (Å²) in [4.78, 5) is 12.0. The van der Waals surface area contributed by atoms with Gasteiger partial charge in [0.05, 0.1) is 6.61 Å². The predicted octanol–water partition coefficient (Wildman–Crippen LogP) is 4.52. The maximum Gasteiger partial charge on any atom is 1.00 e. The van der Waals surface area contributed by atoms with E-state index in [4.69, 9.17) is 44.3 Å². The van der Waals surface area contributed by atoms with Crippen LogP contribution < -0.4 is 44.3 Å². The van der Waals surface area contributed by atoms with E-state index < -0.39 is 0 Å². The molecular formula is C25H23Cl3NNaO3. The molecule has 33 heavy (non-hydrogen) atoms. The van der Waals surface area contributed by atoms with Crippen LogP contribution in [0.5, 0.6) is 17.2 Å². The standard InChI is InChI=1S/C19H19ClNO3.C6H4Cl2.Na/c1-3-21-19(22)15-7-6-14(9-12(15)2)24-18-11-17-13(10-16(18)20)5-4-8-23-17;7-5-2-1-3-6(8)4-5;/h5-7,9-11H,3-4,8H2,1-2H3,(H,21,22);1-4H;/q-1;;+1. The summed E-state index contributed by atoms with van der Waals surface area (Å²) < 4.78 is 11.5. The van der Waals surface area contributed by atoms with Crippen molar-refractivity contribution in [1.29, 1.82) is 0 Å². The number of rotatable bonds is 4. The molecule has 0 aliphatic carbocycles. The Morgan fingerprint density at radius 2 is 1.82 bits per heavy atom. The minimum absolute atomic E-state index is 0. The molecule has 1 N–H and O–H groups in total. The summed E-state index contributed by atoms with van der Waals surface area (Å²) >= 11 is 17.4. The molecule has 1 amide bonds. The van der Waals surface area contributed by atoms with Gasteiger partial charge >= 0.3 is 29.6 Å². The fourth-order valence-electron chi connectivity index (χ4n) is 3.09. The summed E-state index contributed by atoms with van der Waals surface area (Å²) in [6.07, 6.45) is 2.98. The molecule has 0 atom stereocenters. The molecule has 0 spiro atoms. The van der Waals surface area contributed by atoms with Crippen LogP contribution in [0.1, 0.15) is 34.8 Å². The summed E-state index contributed by atoms with van der Waals surface area (Å²) in [5, 5.41) is 4.68. The van der Waals surface area contributed by atoms with E-state index in [0.717, 1.165) is 23.3 Å². The Balaban J connectivity index is 0.000000364.